The maximum atomic E-state index is 5.73. The van der Waals surface area contributed by atoms with Gasteiger partial charge in [0.25, 0.3) is 0 Å². The molecule has 0 atom stereocenters. The summed E-state index contributed by atoms with van der Waals surface area (Å²) in [6.45, 7) is 5.07. The molecule has 0 radical (unpaired) electrons. The lowest BCUT2D eigenvalue weighted by Gasteiger charge is -2.24. The number of anilines is 1. The van der Waals surface area contributed by atoms with Gasteiger partial charge in [0.2, 0.25) is 0 Å². The molecule has 0 heterocycles. The Bertz CT molecular complexity index is 366. The number of nitrogens with zero attached hydrogens (tertiary/aromatic N) is 1. The maximum Gasteiger partial charge on any atom is 0.170 e. The molecule has 82 valence electrons. The predicted molar refractivity (Wildman–Crippen MR) is 78.3 cm³/mol. The summed E-state index contributed by atoms with van der Waals surface area (Å²) in [5, 5.41) is 0.446. The van der Waals surface area contributed by atoms with E-state index in [1.165, 1.54) is 9.13 Å². The van der Waals surface area contributed by atoms with Gasteiger partial charge in [0.05, 0.1) is 0 Å². The summed E-state index contributed by atoms with van der Waals surface area (Å²) in [7, 11) is 0. The largest absolute Gasteiger partial charge is 0.376 e. The molecule has 0 amide bonds. The van der Waals surface area contributed by atoms with E-state index in [0.29, 0.717) is 5.11 Å². The number of aryl methyl sites for hydroxylation is 1. The van der Waals surface area contributed by atoms with Crippen molar-refractivity contribution in [2.24, 2.45) is 5.73 Å². The summed E-state index contributed by atoms with van der Waals surface area (Å²) >= 11 is 7.37. The highest BCUT2D eigenvalue weighted by Gasteiger charge is 2.10. The van der Waals surface area contributed by atoms with Gasteiger partial charge in [-0.05, 0) is 65.8 Å². The van der Waals surface area contributed by atoms with E-state index in [-0.39, 0.29) is 0 Å². The van der Waals surface area contributed by atoms with E-state index in [1.54, 1.807) is 0 Å². The molecule has 0 saturated heterocycles. The van der Waals surface area contributed by atoms with Crippen LogP contribution in [-0.2, 0) is 0 Å². The summed E-state index contributed by atoms with van der Waals surface area (Å²) in [5.74, 6) is 0. The zero-order valence-electron chi connectivity index (χ0n) is 8.96. The van der Waals surface area contributed by atoms with E-state index in [9.17, 15) is 0 Å². The second-order valence-corrected chi connectivity index (χ2v) is 5.08. The third-order valence-corrected chi connectivity index (χ3v) is 3.07. The zero-order chi connectivity index (χ0) is 11.4. The molecule has 0 bridgehead atoms. The van der Waals surface area contributed by atoms with Crippen LogP contribution in [0.15, 0.2) is 18.2 Å². The van der Waals surface area contributed by atoms with Crippen molar-refractivity contribution in [1.29, 1.82) is 0 Å². The summed E-state index contributed by atoms with van der Waals surface area (Å²) < 4.78 is 1.20. The number of hydrogen-bond donors (Lipinski definition) is 1. The number of thiocarbonyl (C=S) groups is 1. The Hall–Kier alpha value is -0.360. The van der Waals surface area contributed by atoms with Crippen molar-refractivity contribution in [3.05, 3.63) is 27.3 Å². The topological polar surface area (TPSA) is 29.3 Å². The van der Waals surface area contributed by atoms with Crippen LogP contribution in [0.4, 0.5) is 5.69 Å². The zero-order valence-corrected chi connectivity index (χ0v) is 11.9. The Kier molecular flexibility index (Phi) is 4.79. The van der Waals surface area contributed by atoms with Crippen molar-refractivity contribution >= 4 is 45.6 Å². The SMILES string of the molecule is CCCN(C(N)=S)c1cc(I)ccc1C. The summed E-state index contributed by atoms with van der Waals surface area (Å²) in [6, 6.07) is 6.30. The van der Waals surface area contributed by atoms with Gasteiger partial charge in [-0.15, -0.1) is 0 Å². The lowest BCUT2D eigenvalue weighted by Crippen LogP contribution is -2.36. The van der Waals surface area contributed by atoms with E-state index in [0.717, 1.165) is 18.7 Å². The molecule has 0 saturated carbocycles. The molecule has 4 heteroatoms. The lowest BCUT2D eigenvalue weighted by atomic mass is 10.2. The van der Waals surface area contributed by atoms with Crippen molar-refractivity contribution in [2.75, 3.05) is 11.4 Å². The minimum absolute atomic E-state index is 0.446. The number of nitrogens with two attached hydrogens (primary N) is 1. The van der Waals surface area contributed by atoms with E-state index in [2.05, 4.69) is 54.6 Å². The lowest BCUT2D eigenvalue weighted by molar-refractivity contribution is 0.901. The molecule has 2 nitrogen and oxygen atoms in total. The van der Waals surface area contributed by atoms with Crippen LogP contribution in [0.1, 0.15) is 18.9 Å². The Morgan fingerprint density at radius 2 is 2.20 bits per heavy atom. The van der Waals surface area contributed by atoms with Gasteiger partial charge in [0, 0.05) is 15.8 Å². The monoisotopic (exact) mass is 334 g/mol. The fraction of sp³-hybridized carbons (Fsp3) is 0.364. The van der Waals surface area contributed by atoms with Crippen LogP contribution in [0.3, 0.4) is 0 Å². The van der Waals surface area contributed by atoms with Gasteiger partial charge in [-0.3, -0.25) is 0 Å². The highest BCUT2D eigenvalue weighted by molar-refractivity contribution is 14.1. The Morgan fingerprint density at radius 1 is 1.53 bits per heavy atom. The Labute approximate surface area is 110 Å². The first kappa shape index (κ1) is 12.7. The average Bonchev–Trinajstić information content (AvgIpc) is 2.18. The molecule has 1 aromatic carbocycles. The molecular formula is C11H15IN2S. The van der Waals surface area contributed by atoms with Gasteiger partial charge in [0.15, 0.2) is 5.11 Å². The number of benzene rings is 1. The molecule has 15 heavy (non-hydrogen) atoms. The quantitative estimate of drug-likeness (QED) is 0.681. The highest BCUT2D eigenvalue weighted by atomic mass is 127. The van der Waals surface area contributed by atoms with Gasteiger partial charge in [0.1, 0.15) is 0 Å². The van der Waals surface area contributed by atoms with Crippen LogP contribution >= 0.6 is 34.8 Å². The second-order valence-electron chi connectivity index (χ2n) is 3.42. The number of hydrogen-bond acceptors (Lipinski definition) is 1. The fourth-order valence-electron chi connectivity index (χ4n) is 1.45. The van der Waals surface area contributed by atoms with E-state index >= 15 is 0 Å². The van der Waals surface area contributed by atoms with Crippen LogP contribution < -0.4 is 10.6 Å². The standard InChI is InChI=1S/C11H15IN2S/c1-3-6-14(11(13)15)10-7-9(12)5-4-8(10)2/h4-5,7H,3,6H2,1-2H3,(H2,13,15). The van der Waals surface area contributed by atoms with E-state index < -0.39 is 0 Å². The second kappa shape index (κ2) is 5.65. The summed E-state index contributed by atoms with van der Waals surface area (Å²) in [5.41, 5.74) is 8.06. The highest BCUT2D eigenvalue weighted by Crippen LogP contribution is 2.22. The van der Waals surface area contributed by atoms with Crippen molar-refractivity contribution in [1.82, 2.24) is 0 Å². The first-order chi connectivity index (χ1) is 7.06. The molecule has 0 unspecified atom stereocenters. The molecule has 1 aromatic rings. The van der Waals surface area contributed by atoms with Crippen LogP contribution in [0.5, 0.6) is 0 Å². The fourth-order valence-corrected chi connectivity index (χ4v) is 2.11. The average molecular weight is 334 g/mol. The molecule has 0 aliphatic rings. The minimum Gasteiger partial charge on any atom is -0.376 e. The van der Waals surface area contributed by atoms with Crippen LogP contribution in [0.25, 0.3) is 0 Å². The number of rotatable bonds is 3. The van der Waals surface area contributed by atoms with E-state index in [1.807, 2.05) is 4.90 Å². The Morgan fingerprint density at radius 3 is 2.73 bits per heavy atom. The van der Waals surface area contributed by atoms with Gasteiger partial charge in [-0.1, -0.05) is 13.0 Å². The first-order valence-electron chi connectivity index (χ1n) is 4.89. The molecular weight excluding hydrogens is 319 g/mol. The predicted octanol–water partition coefficient (Wildman–Crippen LogP) is 3.06. The van der Waals surface area contributed by atoms with Gasteiger partial charge in [-0.25, -0.2) is 0 Å². The van der Waals surface area contributed by atoms with Crippen LogP contribution in [0.2, 0.25) is 0 Å². The van der Waals surface area contributed by atoms with E-state index in [4.69, 9.17) is 18.0 Å². The summed E-state index contributed by atoms with van der Waals surface area (Å²) in [6.07, 6.45) is 1.03. The molecule has 0 aromatic heterocycles. The smallest absolute Gasteiger partial charge is 0.170 e. The third kappa shape index (κ3) is 3.31. The maximum absolute atomic E-state index is 5.73. The number of halogens is 1. The van der Waals surface area contributed by atoms with Crippen molar-refractivity contribution in [3.8, 4) is 0 Å². The van der Waals surface area contributed by atoms with Crippen molar-refractivity contribution in [2.45, 2.75) is 20.3 Å². The van der Waals surface area contributed by atoms with Crippen molar-refractivity contribution in [3.63, 3.8) is 0 Å². The Balaban J connectivity index is 3.09. The minimum atomic E-state index is 0.446. The normalized spacial score (nSPS) is 10.1. The molecule has 0 aliphatic heterocycles. The molecule has 1 rings (SSSR count). The molecule has 0 spiro atoms. The van der Waals surface area contributed by atoms with Gasteiger partial charge < -0.3 is 10.6 Å². The summed E-state index contributed by atoms with van der Waals surface area (Å²) in [4.78, 5) is 1.99. The molecule has 0 fully saturated rings. The van der Waals surface area contributed by atoms with Gasteiger partial charge >= 0.3 is 0 Å². The van der Waals surface area contributed by atoms with Crippen LogP contribution in [0, 0.1) is 10.5 Å². The molecule has 0 aliphatic carbocycles. The molecule has 2 N–H and O–H groups in total. The third-order valence-electron chi connectivity index (χ3n) is 2.18. The van der Waals surface area contributed by atoms with Gasteiger partial charge in [-0.2, -0.15) is 0 Å². The van der Waals surface area contributed by atoms with Crippen LogP contribution in [-0.4, -0.2) is 11.7 Å². The first-order valence-corrected chi connectivity index (χ1v) is 6.38. The van der Waals surface area contributed by atoms with Crippen molar-refractivity contribution < 1.29 is 0 Å².